The van der Waals surface area contributed by atoms with Crippen molar-refractivity contribution < 1.29 is 0 Å². The van der Waals surface area contributed by atoms with Crippen molar-refractivity contribution in [1.29, 1.82) is 5.26 Å². The van der Waals surface area contributed by atoms with Gasteiger partial charge in [0.2, 0.25) is 0 Å². The van der Waals surface area contributed by atoms with E-state index in [1.807, 2.05) is 0 Å². The van der Waals surface area contributed by atoms with Crippen LogP contribution in [0, 0.1) is 11.3 Å². The average molecular weight is 257 g/mol. The number of benzene rings is 1. The number of nitrogens with zero attached hydrogens (tertiary/aromatic N) is 2. The molecular weight excluding hydrogens is 234 g/mol. The molecule has 1 N–H and O–H groups in total. The van der Waals surface area contributed by atoms with Gasteiger partial charge in [0.15, 0.2) is 0 Å². The molecule has 0 bridgehead atoms. The Morgan fingerprint density at radius 3 is 2.74 bits per heavy atom. The molecule has 0 saturated carbocycles. The van der Waals surface area contributed by atoms with Gasteiger partial charge in [0.05, 0.1) is 18.5 Å². The van der Waals surface area contributed by atoms with E-state index in [4.69, 9.17) is 5.26 Å². The van der Waals surface area contributed by atoms with Crippen LogP contribution in [0.5, 0.6) is 0 Å². The van der Waals surface area contributed by atoms with Crippen molar-refractivity contribution >= 4 is 5.69 Å². The summed E-state index contributed by atoms with van der Waals surface area (Å²) in [4.78, 5) is 2.38. The van der Waals surface area contributed by atoms with E-state index in [0.717, 1.165) is 26.1 Å². The minimum absolute atomic E-state index is 0.289. The molecule has 3 nitrogen and oxygen atoms in total. The van der Waals surface area contributed by atoms with Crippen LogP contribution in [0.4, 0.5) is 5.69 Å². The largest absolute Gasteiger partial charge is 0.366 e. The van der Waals surface area contributed by atoms with Crippen LogP contribution in [0.25, 0.3) is 0 Å². The molecule has 1 aliphatic heterocycles. The monoisotopic (exact) mass is 257 g/mol. The summed E-state index contributed by atoms with van der Waals surface area (Å²) in [6, 6.07) is 11.4. The van der Waals surface area contributed by atoms with E-state index in [0.29, 0.717) is 12.3 Å². The van der Waals surface area contributed by atoms with Gasteiger partial charge in [-0.05, 0) is 36.6 Å². The lowest BCUT2D eigenvalue weighted by atomic mass is 10.0. The van der Waals surface area contributed by atoms with E-state index < -0.39 is 0 Å². The summed E-state index contributed by atoms with van der Waals surface area (Å²) in [6.45, 7) is 7.40. The fourth-order valence-corrected chi connectivity index (χ4v) is 2.61. The molecule has 0 spiro atoms. The quantitative estimate of drug-likeness (QED) is 0.905. The van der Waals surface area contributed by atoms with Crippen molar-refractivity contribution in [1.82, 2.24) is 5.32 Å². The summed E-state index contributed by atoms with van der Waals surface area (Å²) in [5.74, 6) is 0.565. The van der Waals surface area contributed by atoms with Crippen LogP contribution in [-0.2, 0) is 0 Å². The van der Waals surface area contributed by atoms with Crippen molar-refractivity contribution in [3.63, 3.8) is 0 Å². The van der Waals surface area contributed by atoms with E-state index in [9.17, 15) is 0 Å². The molecule has 1 aromatic carbocycles. The summed E-state index contributed by atoms with van der Waals surface area (Å²) in [5.41, 5.74) is 2.61. The third-order valence-corrected chi connectivity index (χ3v) is 3.79. The Morgan fingerprint density at radius 1 is 1.37 bits per heavy atom. The summed E-state index contributed by atoms with van der Waals surface area (Å²) >= 11 is 0. The molecule has 19 heavy (non-hydrogen) atoms. The van der Waals surface area contributed by atoms with Gasteiger partial charge in [0.25, 0.3) is 0 Å². The van der Waals surface area contributed by atoms with Crippen molar-refractivity contribution in [3.05, 3.63) is 29.8 Å². The Morgan fingerprint density at radius 2 is 2.11 bits per heavy atom. The van der Waals surface area contributed by atoms with Crippen LogP contribution in [0.2, 0.25) is 0 Å². The van der Waals surface area contributed by atoms with E-state index in [1.165, 1.54) is 11.3 Å². The first-order valence-corrected chi connectivity index (χ1v) is 7.16. The van der Waals surface area contributed by atoms with E-state index in [-0.39, 0.29) is 6.04 Å². The number of rotatable bonds is 3. The third kappa shape index (κ3) is 3.48. The van der Waals surface area contributed by atoms with Crippen LogP contribution in [0.1, 0.15) is 38.2 Å². The molecule has 1 heterocycles. The van der Waals surface area contributed by atoms with Gasteiger partial charge in [-0.3, -0.25) is 0 Å². The first-order chi connectivity index (χ1) is 9.22. The molecule has 0 aromatic heterocycles. The Balaban J connectivity index is 2.18. The molecule has 0 radical (unpaired) electrons. The summed E-state index contributed by atoms with van der Waals surface area (Å²) in [7, 11) is 0. The highest BCUT2D eigenvalue weighted by molar-refractivity contribution is 5.49. The topological polar surface area (TPSA) is 39.1 Å². The maximum Gasteiger partial charge on any atom is 0.0643 e. The van der Waals surface area contributed by atoms with E-state index in [1.54, 1.807) is 0 Å². The highest BCUT2D eigenvalue weighted by atomic mass is 15.2. The highest BCUT2D eigenvalue weighted by Gasteiger charge is 2.20. The fraction of sp³-hybridized carbons (Fsp3) is 0.562. The van der Waals surface area contributed by atoms with E-state index in [2.05, 4.69) is 54.4 Å². The van der Waals surface area contributed by atoms with Gasteiger partial charge in [0.1, 0.15) is 0 Å². The zero-order valence-electron chi connectivity index (χ0n) is 11.9. The SMILES string of the molecule is CC(C)c1ccc(N2CCCNCC2CC#N)cc1. The molecule has 0 amide bonds. The lowest BCUT2D eigenvalue weighted by Crippen LogP contribution is -2.39. The highest BCUT2D eigenvalue weighted by Crippen LogP contribution is 2.23. The van der Waals surface area contributed by atoms with Crippen LogP contribution < -0.4 is 10.2 Å². The van der Waals surface area contributed by atoms with Crippen molar-refractivity contribution in [2.24, 2.45) is 0 Å². The van der Waals surface area contributed by atoms with Crippen LogP contribution >= 0.6 is 0 Å². The second-order valence-corrected chi connectivity index (χ2v) is 5.51. The molecular formula is C16H23N3. The van der Waals surface area contributed by atoms with Gasteiger partial charge in [-0.15, -0.1) is 0 Å². The van der Waals surface area contributed by atoms with Crippen LogP contribution in [0.15, 0.2) is 24.3 Å². The molecule has 102 valence electrons. The number of anilines is 1. The van der Waals surface area contributed by atoms with Gasteiger partial charge in [-0.1, -0.05) is 26.0 Å². The van der Waals surface area contributed by atoms with Gasteiger partial charge in [0, 0.05) is 18.8 Å². The lowest BCUT2D eigenvalue weighted by Gasteiger charge is -2.30. The molecule has 1 aliphatic rings. The van der Waals surface area contributed by atoms with Crippen molar-refractivity contribution in [3.8, 4) is 6.07 Å². The van der Waals surface area contributed by atoms with Crippen LogP contribution in [-0.4, -0.2) is 25.7 Å². The second-order valence-electron chi connectivity index (χ2n) is 5.51. The molecule has 2 rings (SSSR count). The summed E-state index contributed by atoms with van der Waals surface area (Å²) < 4.78 is 0. The smallest absolute Gasteiger partial charge is 0.0643 e. The molecule has 1 atom stereocenters. The number of hydrogen-bond donors (Lipinski definition) is 1. The van der Waals surface area contributed by atoms with Crippen LogP contribution in [0.3, 0.4) is 0 Å². The minimum Gasteiger partial charge on any atom is -0.366 e. The van der Waals surface area contributed by atoms with Gasteiger partial charge < -0.3 is 10.2 Å². The normalized spacial score (nSPS) is 20.1. The summed E-state index contributed by atoms with van der Waals surface area (Å²) in [5, 5.41) is 12.4. The Bertz CT molecular complexity index is 430. The average Bonchev–Trinajstić information content (AvgIpc) is 2.65. The first-order valence-electron chi connectivity index (χ1n) is 7.16. The van der Waals surface area contributed by atoms with Gasteiger partial charge >= 0.3 is 0 Å². The molecule has 1 unspecified atom stereocenters. The lowest BCUT2D eigenvalue weighted by molar-refractivity contribution is 0.597. The molecule has 1 aromatic rings. The molecule has 0 aliphatic carbocycles. The van der Waals surface area contributed by atoms with Crippen molar-refractivity contribution in [2.75, 3.05) is 24.5 Å². The van der Waals surface area contributed by atoms with E-state index >= 15 is 0 Å². The number of nitrogens with one attached hydrogen (secondary N) is 1. The number of nitriles is 1. The van der Waals surface area contributed by atoms with Gasteiger partial charge in [-0.2, -0.15) is 5.26 Å². The first kappa shape index (κ1) is 13.9. The maximum absolute atomic E-state index is 8.99. The third-order valence-electron chi connectivity index (χ3n) is 3.79. The zero-order chi connectivity index (χ0) is 13.7. The summed E-state index contributed by atoms with van der Waals surface area (Å²) in [6.07, 6.45) is 1.72. The standard InChI is InChI=1S/C16H23N3/c1-13(2)14-4-6-15(7-5-14)19-11-3-10-18-12-16(19)8-9-17/h4-7,13,16,18H,3,8,10-12H2,1-2H3. The molecule has 1 saturated heterocycles. The number of hydrogen-bond acceptors (Lipinski definition) is 3. The second kappa shape index (κ2) is 6.58. The predicted molar refractivity (Wildman–Crippen MR) is 79.4 cm³/mol. The fourth-order valence-electron chi connectivity index (χ4n) is 2.61. The molecule has 3 heteroatoms. The maximum atomic E-state index is 8.99. The Kier molecular flexibility index (Phi) is 4.81. The van der Waals surface area contributed by atoms with Gasteiger partial charge in [-0.25, -0.2) is 0 Å². The molecule has 1 fully saturated rings. The zero-order valence-corrected chi connectivity index (χ0v) is 11.9. The predicted octanol–water partition coefficient (Wildman–Crippen LogP) is 2.89. The Hall–Kier alpha value is -1.53. The minimum atomic E-state index is 0.289. The Labute approximate surface area is 116 Å². The van der Waals surface area contributed by atoms with Crippen molar-refractivity contribution in [2.45, 2.75) is 38.6 Å².